The maximum absolute atomic E-state index is 9.32. The Morgan fingerprint density at radius 2 is 2.06 bits per heavy atom. The lowest BCUT2D eigenvalue weighted by molar-refractivity contribution is 0.236. The van der Waals surface area contributed by atoms with Crippen LogP contribution in [0.4, 0.5) is 0 Å². The van der Waals surface area contributed by atoms with E-state index in [1.54, 1.807) is 6.08 Å². The number of hydrogen-bond acceptors (Lipinski definition) is 1. The third kappa shape index (κ3) is 5.38. The van der Waals surface area contributed by atoms with Gasteiger partial charge >= 0.3 is 0 Å². The van der Waals surface area contributed by atoms with Gasteiger partial charge in [-0.2, -0.15) is 0 Å². The Balaban J connectivity index is 2.19. The maximum Gasteiger partial charge on any atom is 0.118 e. The molecule has 16 heavy (non-hydrogen) atoms. The summed E-state index contributed by atoms with van der Waals surface area (Å²) in [6, 6.07) is 10.4. The topological polar surface area (TPSA) is 20.2 Å². The lowest BCUT2D eigenvalue weighted by Gasteiger charge is -1.98. The summed E-state index contributed by atoms with van der Waals surface area (Å²) >= 11 is 0. The van der Waals surface area contributed by atoms with E-state index >= 15 is 0 Å². The first kappa shape index (κ1) is 12.5. The van der Waals surface area contributed by atoms with Crippen molar-refractivity contribution < 1.29 is 5.11 Å². The van der Waals surface area contributed by atoms with Gasteiger partial charge in [0.15, 0.2) is 0 Å². The van der Waals surface area contributed by atoms with Crippen molar-refractivity contribution in [1.29, 1.82) is 0 Å². The first-order valence-electron chi connectivity index (χ1n) is 5.64. The summed E-state index contributed by atoms with van der Waals surface area (Å²) in [7, 11) is 0. The molecule has 84 valence electrons. The minimum atomic E-state index is -0.547. The van der Waals surface area contributed by atoms with Gasteiger partial charge in [-0.15, -0.1) is 12.5 Å². The summed E-state index contributed by atoms with van der Waals surface area (Å²) in [4.78, 5) is 0. The molecule has 0 unspecified atom stereocenters. The highest BCUT2D eigenvalue weighted by atomic mass is 16.3. The van der Waals surface area contributed by atoms with Crippen molar-refractivity contribution in [1.82, 2.24) is 0 Å². The monoisotopic (exact) mass is 214 g/mol. The number of hydrogen-bond donors (Lipinski definition) is 1. The number of rotatable bonds is 5. The summed E-state index contributed by atoms with van der Waals surface area (Å²) in [5.41, 5.74) is 1.34. The van der Waals surface area contributed by atoms with Crippen LogP contribution in [0.3, 0.4) is 0 Å². The summed E-state index contributed by atoms with van der Waals surface area (Å²) in [6.07, 6.45) is 4.61. The first-order valence-corrected chi connectivity index (χ1v) is 5.64. The molecule has 0 aromatic heterocycles. The zero-order chi connectivity index (χ0) is 11.6. The average molecular weight is 214 g/mol. The zero-order valence-electron chi connectivity index (χ0n) is 9.52. The first-order chi connectivity index (χ1) is 7.83. The van der Waals surface area contributed by atoms with Crippen molar-refractivity contribution >= 4 is 0 Å². The standard InChI is InChI=1S/C15H18O/c1-2-9-15(16)13-8-4-7-12-14-10-5-3-6-11-14/h2-3,5-6,10-11,15-16H,1,4,7,9,12H2/t15-/m1/s1. The lowest BCUT2D eigenvalue weighted by Crippen LogP contribution is -1.99. The van der Waals surface area contributed by atoms with Gasteiger partial charge in [-0.05, 0) is 18.4 Å². The molecule has 0 bridgehead atoms. The predicted molar refractivity (Wildman–Crippen MR) is 68.0 cm³/mol. The van der Waals surface area contributed by atoms with Crippen LogP contribution in [-0.2, 0) is 6.42 Å². The van der Waals surface area contributed by atoms with E-state index in [9.17, 15) is 5.11 Å². The molecule has 0 spiro atoms. The van der Waals surface area contributed by atoms with Gasteiger partial charge in [-0.1, -0.05) is 42.3 Å². The molecule has 0 aliphatic rings. The Morgan fingerprint density at radius 1 is 1.31 bits per heavy atom. The quantitative estimate of drug-likeness (QED) is 0.454. The van der Waals surface area contributed by atoms with E-state index in [2.05, 4.69) is 42.7 Å². The fraction of sp³-hybridized carbons (Fsp3) is 0.333. The molecule has 0 saturated carbocycles. The van der Waals surface area contributed by atoms with Crippen molar-refractivity contribution in [3.8, 4) is 11.8 Å². The second kappa shape index (κ2) is 7.73. The van der Waals surface area contributed by atoms with Crippen LogP contribution in [0.1, 0.15) is 24.8 Å². The lowest BCUT2D eigenvalue weighted by atomic mass is 10.1. The molecule has 1 aromatic rings. The van der Waals surface area contributed by atoms with E-state index in [-0.39, 0.29) is 0 Å². The number of benzene rings is 1. The fourth-order valence-electron chi connectivity index (χ4n) is 1.43. The minimum Gasteiger partial charge on any atom is -0.380 e. The number of aliphatic hydroxyl groups excluding tert-OH is 1. The molecule has 0 amide bonds. The Hall–Kier alpha value is -1.52. The van der Waals surface area contributed by atoms with E-state index in [1.807, 2.05) is 6.07 Å². The van der Waals surface area contributed by atoms with Gasteiger partial charge in [0.05, 0.1) is 0 Å². The van der Waals surface area contributed by atoms with Crippen LogP contribution in [0, 0.1) is 11.8 Å². The van der Waals surface area contributed by atoms with Gasteiger partial charge in [0.1, 0.15) is 6.10 Å². The Labute approximate surface area is 97.8 Å². The van der Waals surface area contributed by atoms with Crippen molar-refractivity contribution in [2.24, 2.45) is 0 Å². The molecule has 0 fully saturated rings. The smallest absolute Gasteiger partial charge is 0.118 e. The SMILES string of the molecule is C=CC[C@@H](O)C#CCCCc1ccccc1. The van der Waals surface area contributed by atoms with Crippen molar-refractivity contribution in [3.63, 3.8) is 0 Å². The van der Waals surface area contributed by atoms with E-state index in [4.69, 9.17) is 0 Å². The van der Waals surface area contributed by atoms with E-state index in [0.29, 0.717) is 6.42 Å². The molecular formula is C15H18O. The van der Waals surface area contributed by atoms with Crippen LogP contribution in [0.25, 0.3) is 0 Å². The largest absolute Gasteiger partial charge is 0.380 e. The minimum absolute atomic E-state index is 0.547. The normalized spacial score (nSPS) is 11.3. The fourth-order valence-corrected chi connectivity index (χ4v) is 1.43. The average Bonchev–Trinajstić information content (AvgIpc) is 2.30. The maximum atomic E-state index is 9.32. The van der Waals surface area contributed by atoms with Crippen molar-refractivity contribution in [3.05, 3.63) is 48.6 Å². The van der Waals surface area contributed by atoms with Crippen LogP contribution < -0.4 is 0 Å². The van der Waals surface area contributed by atoms with Gasteiger partial charge < -0.3 is 5.11 Å². The summed E-state index contributed by atoms with van der Waals surface area (Å²) in [5.74, 6) is 5.80. The molecule has 1 atom stereocenters. The van der Waals surface area contributed by atoms with Gasteiger partial charge in [-0.25, -0.2) is 0 Å². The van der Waals surface area contributed by atoms with Crippen molar-refractivity contribution in [2.75, 3.05) is 0 Å². The molecule has 0 aliphatic heterocycles. The Bertz CT molecular complexity index is 356. The number of unbranched alkanes of at least 4 members (excludes halogenated alkanes) is 1. The van der Waals surface area contributed by atoms with Crippen LogP contribution in [0.2, 0.25) is 0 Å². The predicted octanol–water partition coefficient (Wildman–Crippen LogP) is 2.95. The highest BCUT2D eigenvalue weighted by Gasteiger charge is 1.93. The second-order valence-electron chi connectivity index (χ2n) is 3.70. The third-order valence-corrected chi connectivity index (χ3v) is 2.27. The number of aryl methyl sites for hydroxylation is 1. The zero-order valence-corrected chi connectivity index (χ0v) is 9.52. The van der Waals surface area contributed by atoms with E-state index in [0.717, 1.165) is 19.3 Å². The molecule has 0 saturated heterocycles. The molecule has 1 N–H and O–H groups in total. The van der Waals surface area contributed by atoms with Crippen molar-refractivity contribution in [2.45, 2.75) is 31.8 Å². The number of aliphatic hydroxyl groups is 1. The molecule has 0 radical (unpaired) electrons. The highest BCUT2D eigenvalue weighted by Crippen LogP contribution is 2.03. The van der Waals surface area contributed by atoms with Gasteiger partial charge in [-0.3, -0.25) is 0 Å². The molecular weight excluding hydrogens is 196 g/mol. The molecule has 1 aromatic carbocycles. The summed E-state index contributed by atoms with van der Waals surface area (Å²) in [5, 5.41) is 9.32. The summed E-state index contributed by atoms with van der Waals surface area (Å²) in [6.45, 7) is 3.56. The molecule has 1 heteroatoms. The van der Waals surface area contributed by atoms with E-state index in [1.165, 1.54) is 5.56 Å². The van der Waals surface area contributed by atoms with Gasteiger partial charge in [0, 0.05) is 12.8 Å². The highest BCUT2D eigenvalue weighted by molar-refractivity contribution is 5.15. The third-order valence-electron chi connectivity index (χ3n) is 2.27. The molecule has 0 heterocycles. The van der Waals surface area contributed by atoms with E-state index < -0.39 is 6.10 Å². The van der Waals surface area contributed by atoms with Crippen LogP contribution >= 0.6 is 0 Å². The van der Waals surface area contributed by atoms with Crippen LogP contribution in [0.5, 0.6) is 0 Å². The summed E-state index contributed by atoms with van der Waals surface area (Å²) < 4.78 is 0. The van der Waals surface area contributed by atoms with Crippen LogP contribution in [-0.4, -0.2) is 11.2 Å². The second-order valence-corrected chi connectivity index (χ2v) is 3.70. The van der Waals surface area contributed by atoms with Crippen LogP contribution in [0.15, 0.2) is 43.0 Å². The molecule has 1 rings (SSSR count). The molecule has 0 aliphatic carbocycles. The molecule has 1 nitrogen and oxygen atoms in total. The van der Waals surface area contributed by atoms with Gasteiger partial charge in [0.2, 0.25) is 0 Å². The Morgan fingerprint density at radius 3 is 2.75 bits per heavy atom. The van der Waals surface area contributed by atoms with Gasteiger partial charge in [0.25, 0.3) is 0 Å². The Kier molecular flexibility index (Phi) is 6.06.